The van der Waals surface area contributed by atoms with Crippen LogP contribution in [0.2, 0.25) is 0 Å². The molecule has 0 saturated carbocycles. The summed E-state index contributed by atoms with van der Waals surface area (Å²) in [6.45, 7) is 6.31. The van der Waals surface area contributed by atoms with Crippen LogP contribution in [0, 0.1) is 18.3 Å². The van der Waals surface area contributed by atoms with Gasteiger partial charge in [0.2, 0.25) is 0 Å². The minimum Gasteiger partial charge on any atom is -0.382 e. The van der Waals surface area contributed by atoms with Crippen LogP contribution in [0.5, 0.6) is 0 Å². The number of nitrogens with one attached hydrogen (secondary N) is 1. The van der Waals surface area contributed by atoms with Crippen LogP contribution in [0.3, 0.4) is 0 Å². The van der Waals surface area contributed by atoms with Crippen molar-refractivity contribution in [3.05, 3.63) is 29.3 Å². The summed E-state index contributed by atoms with van der Waals surface area (Å²) in [6.07, 6.45) is 2.28. The molecule has 80 valence electrons. The van der Waals surface area contributed by atoms with E-state index in [1.807, 2.05) is 25.1 Å². The summed E-state index contributed by atoms with van der Waals surface area (Å²) in [5, 5.41) is 12.4. The second kappa shape index (κ2) is 5.41. The Morgan fingerprint density at radius 1 is 1.47 bits per heavy atom. The van der Waals surface area contributed by atoms with Gasteiger partial charge in [0, 0.05) is 6.04 Å². The predicted octanol–water partition coefficient (Wildman–Crippen LogP) is 3.47. The first-order chi connectivity index (χ1) is 7.17. The molecule has 1 N–H and O–H groups in total. The molecule has 0 radical (unpaired) electrons. The number of nitriles is 1. The fraction of sp³-hybridized carbons (Fsp3) is 0.462. The van der Waals surface area contributed by atoms with E-state index in [1.54, 1.807) is 0 Å². The number of rotatable bonds is 4. The molecule has 0 spiro atoms. The van der Waals surface area contributed by atoms with Crippen LogP contribution in [0.15, 0.2) is 18.2 Å². The van der Waals surface area contributed by atoms with E-state index in [1.165, 1.54) is 0 Å². The largest absolute Gasteiger partial charge is 0.382 e. The zero-order chi connectivity index (χ0) is 11.3. The van der Waals surface area contributed by atoms with Gasteiger partial charge in [-0.25, -0.2) is 0 Å². The zero-order valence-corrected chi connectivity index (χ0v) is 9.67. The number of hydrogen-bond donors (Lipinski definition) is 1. The van der Waals surface area contributed by atoms with E-state index in [0.717, 1.165) is 29.7 Å². The maximum Gasteiger partial charge on any atom is 0.101 e. The van der Waals surface area contributed by atoms with E-state index in [2.05, 4.69) is 25.2 Å². The summed E-state index contributed by atoms with van der Waals surface area (Å²) in [7, 11) is 0. The topological polar surface area (TPSA) is 35.8 Å². The maximum atomic E-state index is 9.00. The van der Waals surface area contributed by atoms with Crippen molar-refractivity contribution >= 4 is 5.69 Å². The van der Waals surface area contributed by atoms with E-state index in [-0.39, 0.29) is 0 Å². The Balaban J connectivity index is 2.81. The Hall–Kier alpha value is -1.49. The van der Waals surface area contributed by atoms with Crippen molar-refractivity contribution in [2.24, 2.45) is 0 Å². The highest BCUT2D eigenvalue weighted by Gasteiger charge is 2.05. The zero-order valence-electron chi connectivity index (χ0n) is 9.67. The first-order valence-electron chi connectivity index (χ1n) is 5.44. The minimum absolute atomic E-state index is 0.421. The highest BCUT2D eigenvalue weighted by Crippen LogP contribution is 2.18. The van der Waals surface area contributed by atoms with Gasteiger partial charge in [-0.2, -0.15) is 5.26 Å². The van der Waals surface area contributed by atoms with Crippen molar-refractivity contribution in [2.75, 3.05) is 5.32 Å². The van der Waals surface area contributed by atoms with Crippen LogP contribution >= 0.6 is 0 Å². The van der Waals surface area contributed by atoms with Gasteiger partial charge < -0.3 is 5.32 Å². The van der Waals surface area contributed by atoms with E-state index < -0.39 is 0 Å². The molecular weight excluding hydrogens is 184 g/mol. The molecule has 2 nitrogen and oxygen atoms in total. The average molecular weight is 202 g/mol. The third-order valence-corrected chi connectivity index (χ3v) is 2.42. The second-order valence-electron chi connectivity index (χ2n) is 3.99. The summed E-state index contributed by atoms with van der Waals surface area (Å²) in [5.74, 6) is 0. The van der Waals surface area contributed by atoms with Crippen molar-refractivity contribution in [1.82, 2.24) is 0 Å². The average Bonchev–Trinajstić information content (AvgIpc) is 2.21. The molecule has 0 amide bonds. The van der Waals surface area contributed by atoms with Crippen molar-refractivity contribution in [2.45, 2.75) is 39.7 Å². The molecule has 15 heavy (non-hydrogen) atoms. The minimum atomic E-state index is 0.421. The molecule has 0 aliphatic rings. The monoisotopic (exact) mass is 202 g/mol. The molecular formula is C13H18N2. The van der Waals surface area contributed by atoms with Gasteiger partial charge in [0.15, 0.2) is 0 Å². The van der Waals surface area contributed by atoms with Crippen LogP contribution in [0.25, 0.3) is 0 Å². The molecule has 0 fully saturated rings. The van der Waals surface area contributed by atoms with Crippen molar-refractivity contribution in [3.63, 3.8) is 0 Å². The van der Waals surface area contributed by atoms with Crippen molar-refractivity contribution in [3.8, 4) is 6.07 Å². The van der Waals surface area contributed by atoms with Gasteiger partial charge in [0.1, 0.15) is 6.07 Å². The number of benzene rings is 1. The van der Waals surface area contributed by atoms with Crippen molar-refractivity contribution < 1.29 is 0 Å². The molecule has 1 aromatic carbocycles. The first-order valence-corrected chi connectivity index (χ1v) is 5.44. The Bertz CT molecular complexity index is 363. The van der Waals surface area contributed by atoms with Crippen molar-refractivity contribution in [1.29, 1.82) is 5.26 Å². The van der Waals surface area contributed by atoms with Gasteiger partial charge in [-0.05, 0) is 38.0 Å². The third kappa shape index (κ3) is 3.28. The molecule has 1 unspecified atom stereocenters. The Kier molecular flexibility index (Phi) is 4.17. The molecule has 0 aromatic heterocycles. The van der Waals surface area contributed by atoms with Crippen LogP contribution < -0.4 is 5.32 Å². The number of aryl methyl sites for hydroxylation is 1. The molecule has 2 heteroatoms. The Labute approximate surface area is 91.9 Å². The SMILES string of the molecule is CCCC(C)Nc1ccc(C)cc1C#N. The summed E-state index contributed by atoms with van der Waals surface area (Å²) >= 11 is 0. The highest BCUT2D eigenvalue weighted by molar-refractivity contribution is 5.58. The van der Waals surface area contributed by atoms with Crippen LogP contribution in [0.4, 0.5) is 5.69 Å². The Morgan fingerprint density at radius 3 is 2.80 bits per heavy atom. The van der Waals surface area contributed by atoms with Crippen LogP contribution in [-0.4, -0.2) is 6.04 Å². The quantitative estimate of drug-likeness (QED) is 0.811. The van der Waals surface area contributed by atoms with E-state index >= 15 is 0 Å². The molecule has 0 heterocycles. The lowest BCUT2D eigenvalue weighted by Crippen LogP contribution is -2.15. The summed E-state index contributed by atoms with van der Waals surface area (Å²) in [6, 6.07) is 8.58. The molecule has 0 aliphatic heterocycles. The molecule has 1 aromatic rings. The fourth-order valence-electron chi connectivity index (χ4n) is 1.65. The predicted molar refractivity (Wildman–Crippen MR) is 63.9 cm³/mol. The van der Waals surface area contributed by atoms with Crippen LogP contribution in [0.1, 0.15) is 37.8 Å². The van der Waals surface area contributed by atoms with E-state index in [4.69, 9.17) is 5.26 Å². The lowest BCUT2D eigenvalue weighted by molar-refractivity contribution is 0.690. The number of hydrogen-bond acceptors (Lipinski definition) is 2. The second-order valence-corrected chi connectivity index (χ2v) is 3.99. The summed E-state index contributed by atoms with van der Waals surface area (Å²) < 4.78 is 0. The first kappa shape index (κ1) is 11.6. The van der Waals surface area contributed by atoms with Gasteiger partial charge in [0.05, 0.1) is 11.3 Å². The van der Waals surface area contributed by atoms with Gasteiger partial charge in [-0.1, -0.05) is 19.4 Å². The normalized spacial score (nSPS) is 11.9. The maximum absolute atomic E-state index is 9.00. The highest BCUT2D eigenvalue weighted by atomic mass is 14.9. The molecule has 0 aliphatic carbocycles. The van der Waals surface area contributed by atoms with Gasteiger partial charge in [-0.3, -0.25) is 0 Å². The molecule has 1 atom stereocenters. The molecule has 1 rings (SSSR count). The lowest BCUT2D eigenvalue weighted by Gasteiger charge is -2.15. The fourth-order valence-corrected chi connectivity index (χ4v) is 1.65. The van der Waals surface area contributed by atoms with E-state index in [9.17, 15) is 0 Å². The summed E-state index contributed by atoms with van der Waals surface area (Å²) in [4.78, 5) is 0. The number of nitrogens with zero attached hydrogens (tertiary/aromatic N) is 1. The number of anilines is 1. The van der Waals surface area contributed by atoms with Gasteiger partial charge in [-0.15, -0.1) is 0 Å². The summed E-state index contributed by atoms with van der Waals surface area (Å²) in [5.41, 5.74) is 2.81. The third-order valence-electron chi connectivity index (χ3n) is 2.42. The lowest BCUT2D eigenvalue weighted by atomic mass is 10.1. The standard InChI is InChI=1S/C13H18N2/c1-4-5-11(3)15-13-7-6-10(2)8-12(13)9-14/h6-8,11,15H,4-5H2,1-3H3. The van der Waals surface area contributed by atoms with E-state index in [0.29, 0.717) is 6.04 Å². The van der Waals surface area contributed by atoms with Gasteiger partial charge >= 0.3 is 0 Å². The molecule has 0 saturated heterocycles. The van der Waals surface area contributed by atoms with Crippen LogP contribution in [-0.2, 0) is 0 Å². The van der Waals surface area contributed by atoms with Gasteiger partial charge in [0.25, 0.3) is 0 Å². The molecule has 0 bridgehead atoms. The Morgan fingerprint density at radius 2 is 2.20 bits per heavy atom. The smallest absolute Gasteiger partial charge is 0.101 e.